The first-order valence-corrected chi connectivity index (χ1v) is 7.68. The van der Waals surface area contributed by atoms with E-state index in [9.17, 15) is 14.9 Å². The summed E-state index contributed by atoms with van der Waals surface area (Å²) in [7, 11) is 0. The zero-order valence-electron chi connectivity index (χ0n) is 13.5. The number of hydrogen-bond donors (Lipinski definition) is 1. The number of ketones is 1. The summed E-state index contributed by atoms with van der Waals surface area (Å²) < 4.78 is 3.57. The number of anilines is 1. The number of rotatable bonds is 6. The van der Waals surface area contributed by atoms with Gasteiger partial charge in [-0.25, -0.2) is 9.13 Å². The summed E-state index contributed by atoms with van der Waals surface area (Å²) in [5.41, 5.74) is 8.11. The van der Waals surface area contributed by atoms with Crippen LogP contribution in [0.4, 0.5) is 11.6 Å². The highest BCUT2D eigenvalue weighted by atomic mass is 16.6. The van der Waals surface area contributed by atoms with E-state index in [4.69, 9.17) is 5.73 Å². The summed E-state index contributed by atoms with van der Waals surface area (Å²) in [5, 5.41) is 10.9. The molecular weight excluding hydrogens is 320 g/mol. The summed E-state index contributed by atoms with van der Waals surface area (Å²) in [6.45, 7) is 4.25. The number of nitrogens with zero attached hydrogens (tertiary/aromatic N) is 3. The van der Waals surface area contributed by atoms with Gasteiger partial charge in [-0.2, -0.15) is 0 Å². The highest BCUT2D eigenvalue weighted by Gasteiger charge is 2.23. The van der Waals surface area contributed by atoms with E-state index in [0.717, 1.165) is 11.0 Å². The van der Waals surface area contributed by atoms with Crippen molar-refractivity contribution in [3.8, 4) is 0 Å². The molecule has 7 nitrogen and oxygen atoms in total. The molecule has 0 spiro atoms. The van der Waals surface area contributed by atoms with Gasteiger partial charge in [0, 0.05) is 17.7 Å². The van der Waals surface area contributed by atoms with Gasteiger partial charge in [0.1, 0.15) is 17.6 Å². The second-order valence-corrected chi connectivity index (χ2v) is 5.56. The number of carbonyl (C=O) groups excluding carboxylic acids is 1. The molecule has 3 aromatic rings. The number of nitro benzene ring substituents is 1. The van der Waals surface area contributed by atoms with E-state index in [1.807, 2.05) is 28.8 Å². The van der Waals surface area contributed by atoms with Crippen LogP contribution in [0.5, 0.6) is 0 Å². The van der Waals surface area contributed by atoms with Gasteiger partial charge in [-0.15, -0.1) is 0 Å². The molecule has 0 amide bonds. The number of hydrogen-bond acceptors (Lipinski definition) is 4. The van der Waals surface area contributed by atoms with Gasteiger partial charge in [0.05, 0.1) is 11.5 Å². The second-order valence-electron chi connectivity index (χ2n) is 5.56. The Balaban J connectivity index is 2.02. The van der Waals surface area contributed by atoms with Crippen molar-refractivity contribution in [3.05, 3.63) is 76.9 Å². The van der Waals surface area contributed by atoms with E-state index in [-0.39, 0.29) is 23.6 Å². The number of non-ortho nitro benzene ring substituents is 1. The summed E-state index contributed by atoms with van der Waals surface area (Å²) in [4.78, 5) is 23.0. The van der Waals surface area contributed by atoms with E-state index in [1.165, 1.54) is 18.2 Å². The van der Waals surface area contributed by atoms with Crippen LogP contribution in [0.25, 0.3) is 11.0 Å². The fraction of sp³-hybridized carbons (Fsp3) is 0.111. The Morgan fingerprint density at radius 2 is 2.04 bits per heavy atom. The molecule has 1 aromatic heterocycles. The lowest BCUT2D eigenvalue weighted by atomic mass is 10.1. The van der Waals surface area contributed by atoms with E-state index in [0.29, 0.717) is 12.5 Å². The number of benzene rings is 2. The minimum absolute atomic E-state index is 0.00232. The molecule has 2 N–H and O–H groups in total. The third kappa shape index (κ3) is 2.99. The average Bonchev–Trinajstić information content (AvgIpc) is 2.88. The number of para-hydroxylation sites is 2. The Hall–Kier alpha value is -3.48. The minimum atomic E-state index is -0.520. The van der Waals surface area contributed by atoms with Gasteiger partial charge < -0.3 is 0 Å². The molecule has 0 radical (unpaired) electrons. The normalized spacial score (nSPS) is 10.7. The topological polar surface area (TPSA) is 95.0 Å². The smallest absolute Gasteiger partial charge is 0.291 e. The van der Waals surface area contributed by atoms with E-state index < -0.39 is 4.92 Å². The maximum atomic E-state index is 12.6. The first-order valence-electron chi connectivity index (χ1n) is 7.68. The Labute approximate surface area is 143 Å². The number of imidazole rings is 1. The maximum absolute atomic E-state index is 12.6. The summed E-state index contributed by atoms with van der Waals surface area (Å²) >= 11 is 0. The molecule has 0 saturated carbocycles. The molecule has 0 unspecified atom stereocenters. The molecule has 25 heavy (non-hydrogen) atoms. The summed E-state index contributed by atoms with van der Waals surface area (Å²) in [6, 6.07) is 13.3. The molecule has 0 bridgehead atoms. The fourth-order valence-corrected chi connectivity index (χ4v) is 2.83. The van der Waals surface area contributed by atoms with Crippen LogP contribution < -0.4 is 10.3 Å². The van der Waals surface area contributed by atoms with E-state index in [1.54, 1.807) is 16.7 Å². The maximum Gasteiger partial charge on any atom is 0.356 e. The number of Topliss-reactive ketones (excluding diaryl/α,β-unsaturated/α-hetero) is 1. The first kappa shape index (κ1) is 16.4. The van der Waals surface area contributed by atoms with Crippen LogP contribution >= 0.6 is 0 Å². The van der Waals surface area contributed by atoms with Crippen molar-refractivity contribution in [3.63, 3.8) is 0 Å². The van der Waals surface area contributed by atoms with Crippen LogP contribution in [0.3, 0.4) is 0 Å². The highest BCUT2D eigenvalue weighted by Crippen LogP contribution is 2.17. The van der Waals surface area contributed by atoms with Crippen LogP contribution in [0.2, 0.25) is 0 Å². The number of allylic oxidation sites excluding steroid dienone is 1. The monoisotopic (exact) mass is 337 g/mol. The molecule has 0 fully saturated rings. The molecule has 7 heteroatoms. The van der Waals surface area contributed by atoms with E-state index in [2.05, 4.69) is 6.58 Å². The van der Waals surface area contributed by atoms with Crippen LogP contribution in [0.15, 0.2) is 61.2 Å². The number of carbonyl (C=O) groups is 1. The predicted octanol–water partition coefficient (Wildman–Crippen LogP) is 2.49. The molecule has 1 heterocycles. The molecular formula is C18H17N4O3+. The third-order valence-corrected chi connectivity index (χ3v) is 4.01. The van der Waals surface area contributed by atoms with Crippen molar-refractivity contribution in [2.24, 2.45) is 0 Å². The van der Waals surface area contributed by atoms with Crippen LogP contribution in [-0.2, 0) is 13.1 Å². The lowest BCUT2D eigenvalue weighted by Gasteiger charge is -2.02. The Kier molecular flexibility index (Phi) is 4.30. The Morgan fingerprint density at radius 3 is 2.76 bits per heavy atom. The molecule has 0 atom stereocenters. The lowest BCUT2D eigenvalue weighted by Crippen LogP contribution is -2.40. The van der Waals surface area contributed by atoms with Gasteiger partial charge in [0.25, 0.3) is 5.69 Å². The molecule has 0 aliphatic rings. The molecule has 0 saturated heterocycles. The largest absolute Gasteiger partial charge is 0.356 e. The minimum Gasteiger partial charge on any atom is -0.291 e. The van der Waals surface area contributed by atoms with Crippen LogP contribution in [0, 0.1) is 10.1 Å². The van der Waals surface area contributed by atoms with E-state index >= 15 is 0 Å². The van der Waals surface area contributed by atoms with Crippen LogP contribution in [-0.4, -0.2) is 15.3 Å². The van der Waals surface area contributed by atoms with Gasteiger partial charge in [-0.3, -0.25) is 20.6 Å². The van der Waals surface area contributed by atoms with Crippen molar-refractivity contribution < 1.29 is 14.3 Å². The average molecular weight is 337 g/mol. The third-order valence-electron chi connectivity index (χ3n) is 4.01. The molecule has 2 aromatic carbocycles. The van der Waals surface area contributed by atoms with Gasteiger partial charge in [-0.1, -0.05) is 36.9 Å². The predicted molar refractivity (Wildman–Crippen MR) is 94.2 cm³/mol. The standard InChI is InChI=1S/C18H16N4O3/c1-2-10-20-15-8-3-4-9-16(15)21(18(20)19)12-17(23)13-6-5-7-14(11-13)22(24)25/h2-9,11,19H,1,10,12H2/p+1. The zero-order chi connectivity index (χ0) is 18.0. The van der Waals surface area contributed by atoms with Crippen molar-refractivity contribution in [1.29, 1.82) is 0 Å². The number of fused-ring (bicyclic) bond motifs is 1. The molecule has 126 valence electrons. The Morgan fingerprint density at radius 1 is 1.28 bits per heavy atom. The number of nitrogen functional groups attached to an aromatic ring is 1. The molecule has 3 rings (SSSR count). The quantitative estimate of drug-likeness (QED) is 0.246. The van der Waals surface area contributed by atoms with Gasteiger partial charge in [0.15, 0.2) is 5.78 Å². The van der Waals surface area contributed by atoms with Gasteiger partial charge in [0.2, 0.25) is 0 Å². The molecule has 0 aliphatic carbocycles. The molecule has 0 aliphatic heterocycles. The summed E-state index contributed by atoms with van der Waals surface area (Å²) in [5.74, 6) is 0.182. The second kappa shape index (κ2) is 6.56. The first-order chi connectivity index (χ1) is 12.0. The van der Waals surface area contributed by atoms with Gasteiger partial charge in [-0.05, 0) is 12.1 Å². The number of nitrogens with two attached hydrogens (primary N) is 1. The van der Waals surface area contributed by atoms with Crippen molar-refractivity contribution in [2.75, 3.05) is 5.73 Å². The highest BCUT2D eigenvalue weighted by molar-refractivity contribution is 5.96. The van der Waals surface area contributed by atoms with Crippen molar-refractivity contribution >= 4 is 28.5 Å². The Bertz CT molecular complexity index is 991. The van der Waals surface area contributed by atoms with Crippen LogP contribution in [0.1, 0.15) is 10.4 Å². The SMILES string of the molecule is C=CCn1c(N)[n+](CC(=O)c2cccc([N+](=O)[O-])c2)c2ccccc21. The van der Waals surface area contributed by atoms with Crippen molar-refractivity contribution in [2.45, 2.75) is 13.1 Å². The lowest BCUT2D eigenvalue weighted by molar-refractivity contribution is -0.642. The fourth-order valence-electron chi connectivity index (χ4n) is 2.83. The number of aromatic nitrogens is 2. The zero-order valence-corrected chi connectivity index (χ0v) is 13.5. The number of nitro groups is 1. The van der Waals surface area contributed by atoms with Gasteiger partial charge >= 0.3 is 5.95 Å². The van der Waals surface area contributed by atoms with Crippen molar-refractivity contribution in [1.82, 2.24) is 4.57 Å². The summed E-state index contributed by atoms with van der Waals surface area (Å²) in [6.07, 6.45) is 1.73.